The summed E-state index contributed by atoms with van der Waals surface area (Å²) in [5.74, 6) is 0. The summed E-state index contributed by atoms with van der Waals surface area (Å²) < 4.78 is 0. The molecule has 0 amide bonds. The zero-order valence-electron chi connectivity index (χ0n) is 35.7. The highest BCUT2D eigenvalue weighted by Crippen LogP contribution is 2.52. The van der Waals surface area contributed by atoms with Gasteiger partial charge in [-0.2, -0.15) is 0 Å². The molecule has 1 fully saturated rings. The second-order valence-electron chi connectivity index (χ2n) is 16.2. The van der Waals surface area contributed by atoms with Crippen LogP contribution in [0.3, 0.4) is 0 Å². The molecule has 0 saturated carbocycles. The van der Waals surface area contributed by atoms with E-state index >= 15 is 0 Å². The maximum absolute atomic E-state index is 4.54. The Bertz CT molecular complexity index is 2350. The van der Waals surface area contributed by atoms with Crippen LogP contribution >= 0.6 is 0 Å². The molecule has 0 unspecified atom stereocenters. The van der Waals surface area contributed by atoms with E-state index in [-0.39, 0.29) is 0 Å². The second kappa shape index (κ2) is 18.5. The third-order valence-electron chi connectivity index (χ3n) is 12.9. The number of rotatable bonds is 14. The van der Waals surface area contributed by atoms with Gasteiger partial charge in [0.15, 0.2) is 0 Å². The zero-order chi connectivity index (χ0) is 43.0. The first kappa shape index (κ1) is 41.2. The minimum atomic E-state index is -0.832. The van der Waals surface area contributed by atoms with Crippen LogP contribution in [0.2, 0.25) is 0 Å². The Hall–Kier alpha value is -7.14. The van der Waals surface area contributed by atoms with Gasteiger partial charge >= 0.3 is 0 Å². The van der Waals surface area contributed by atoms with Crippen molar-refractivity contribution in [3.8, 4) is 0 Å². The van der Waals surface area contributed by atoms with Gasteiger partial charge in [0.25, 0.3) is 0 Å². The summed E-state index contributed by atoms with van der Waals surface area (Å²) >= 11 is 0. The van der Waals surface area contributed by atoms with Gasteiger partial charge in [0, 0.05) is 0 Å². The number of hydrogen-bond acceptors (Lipinski definition) is 3. The lowest BCUT2D eigenvalue weighted by Gasteiger charge is -2.60. The highest BCUT2D eigenvalue weighted by molar-refractivity contribution is 5.55. The molecule has 3 heteroatoms. The van der Waals surface area contributed by atoms with Crippen molar-refractivity contribution in [3.05, 3.63) is 324 Å². The van der Waals surface area contributed by atoms with E-state index in [0.29, 0.717) is 20.0 Å². The van der Waals surface area contributed by atoms with Crippen LogP contribution in [0.1, 0.15) is 44.5 Å². The van der Waals surface area contributed by atoms with E-state index in [1.165, 1.54) is 33.4 Å². The molecular weight excluding hydrogens is 763 g/mol. The van der Waals surface area contributed by atoms with Crippen LogP contribution in [0.25, 0.3) is 0 Å². The lowest BCUT2D eigenvalue weighted by molar-refractivity contribution is -0.119. The van der Waals surface area contributed by atoms with Crippen molar-refractivity contribution in [1.82, 2.24) is 14.7 Å². The molecule has 0 atom stereocenters. The smallest absolute Gasteiger partial charge is 0.0993 e. The van der Waals surface area contributed by atoms with Gasteiger partial charge in [0.05, 0.1) is 36.6 Å². The Balaban J connectivity index is 1.45. The number of nitrogens with zero attached hydrogens (tertiary/aromatic N) is 3. The standard InChI is InChI=1S/C60H53N3/c1-3-29-49(4-2)58(50-30-13-5-14-31-50,51-32-15-6-16-33-51)61-46-62(59(52-34-17-7-18-35-52,53-36-19-8-20-37-53)54-38-21-9-22-39-54)48-63(47-61)60(55-40-23-10-24-41-55,56-42-25-11-26-43-56)57-44-27-12-28-45-57/h3-45H,1-2,46-48H2/b49-29+. The molecule has 0 aliphatic carbocycles. The van der Waals surface area contributed by atoms with E-state index in [9.17, 15) is 0 Å². The molecule has 308 valence electrons. The molecule has 1 aliphatic rings. The fourth-order valence-electron chi connectivity index (χ4n) is 10.4. The highest BCUT2D eigenvalue weighted by atomic mass is 15.5. The maximum Gasteiger partial charge on any atom is 0.0993 e. The summed E-state index contributed by atoms with van der Waals surface area (Å²) in [5.41, 5.74) is 8.07. The Morgan fingerprint density at radius 2 is 0.540 bits per heavy atom. The van der Waals surface area contributed by atoms with Gasteiger partial charge < -0.3 is 0 Å². The van der Waals surface area contributed by atoms with Crippen LogP contribution in [0, 0.1) is 0 Å². The lowest BCUT2D eigenvalue weighted by atomic mass is 9.72. The average molecular weight is 816 g/mol. The van der Waals surface area contributed by atoms with Crippen molar-refractivity contribution >= 4 is 0 Å². The van der Waals surface area contributed by atoms with Gasteiger partial charge in [0.1, 0.15) is 0 Å². The summed E-state index contributed by atoms with van der Waals surface area (Å²) in [6.07, 6.45) is 6.08. The maximum atomic E-state index is 4.54. The Kier molecular flexibility index (Phi) is 12.1. The molecular formula is C60H53N3. The van der Waals surface area contributed by atoms with Gasteiger partial charge in [0.2, 0.25) is 0 Å². The van der Waals surface area contributed by atoms with E-state index < -0.39 is 16.6 Å². The third-order valence-corrected chi connectivity index (χ3v) is 12.9. The Morgan fingerprint density at radius 1 is 0.317 bits per heavy atom. The molecule has 9 rings (SSSR count). The SMILES string of the molecule is C=C/C=C(\C=C)C(c1ccccc1)(c1ccccc1)N1CN(C(c2ccccc2)(c2ccccc2)c2ccccc2)CN(C(c2ccccc2)(c2ccccc2)c2ccccc2)C1. The zero-order valence-corrected chi connectivity index (χ0v) is 35.7. The van der Waals surface area contributed by atoms with Gasteiger partial charge in [-0.05, 0) is 50.1 Å². The molecule has 8 aromatic carbocycles. The van der Waals surface area contributed by atoms with Gasteiger partial charge in [-0.25, -0.2) is 0 Å². The summed E-state index contributed by atoms with van der Waals surface area (Å²) in [5, 5.41) is 0. The van der Waals surface area contributed by atoms with Crippen molar-refractivity contribution < 1.29 is 0 Å². The van der Waals surface area contributed by atoms with Crippen LogP contribution in [0.4, 0.5) is 0 Å². The molecule has 0 aromatic heterocycles. The normalized spacial score (nSPS) is 14.5. The summed E-state index contributed by atoms with van der Waals surface area (Å²) in [7, 11) is 0. The monoisotopic (exact) mass is 815 g/mol. The summed E-state index contributed by atoms with van der Waals surface area (Å²) in [6.45, 7) is 10.5. The minimum Gasteiger partial charge on any atom is -0.260 e. The molecule has 8 aromatic rings. The molecule has 0 bridgehead atoms. The predicted molar refractivity (Wildman–Crippen MR) is 261 cm³/mol. The van der Waals surface area contributed by atoms with Crippen molar-refractivity contribution in [3.63, 3.8) is 0 Å². The van der Waals surface area contributed by atoms with Gasteiger partial charge in [-0.1, -0.05) is 274 Å². The first-order valence-electron chi connectivity index (χ1n) is 21.8. The minimum absolute atomic E-state index is 0.565. The fraction of sp³-hybridized carbons (Fsp3) is 0.100. The number of allylic oxidation sites excluding steroid dienone is 2. The largest absolute Gasteiger partial charge is 0.260 e. The van der Waals surface area contributed by atoms with Crippen molar-refractivity contribution in [2.75, 3.05) is 20.0 Å². The second-order valence-corrected chi connectivity index (χ2v) is 16.2. The van der Waals surface area contributed by atoms with E-state index in [0.717, 1.165) is 16.7 Å². The van der Waals surface area contributed by atoms with Crippen LogP contribution in [-0.4, -0.2) is 34.7 Å². The fourth-order valence-corrected chi connectivity index (χ4v) is 10.4. The first-order chi connectivity index (χ1) is 31.2. The van der Waals surface area contributed by atoms with Crippen LogP contribution in [-0.2, 0) is 16.6 Å². The lowest BCUT2D eigenvalue weighted by Crippen LogP contribution is -2.69. The van der Waals surface area contributed by atoms with Crippen molar-refractivity contribution in [2.45, 2.75) is 16.6 Å². The van der Waals surface area contributed by atoms with E-state index in [1.54, 1.807) is 0 Å². The molecule has 1 aliphatic heterocycles. The molecule has 0 radical (unpaired) electrons. The molecule has 1 saturated heterocycles. The van der Waals surface area contributed by atoms with E-state index in [4.69, 9.17) is 0 Å². The topological polar surface area (TPSA) is 9.72 Å². The molecule has 1 heterocycles. The Labute approximate surface area is 373 Å². The molecule has 0 N–H and O–H groups in total. The van der Waals surface area contributed by atoms with E-state index in [1.807, 2.05) is 12.2 Å². The highest BCUT2D eigenvalue weighted by Gasteiger charge is 2.55. The molecule has 63 heavy (non-hydrogen) atoms. The van der Waals surface area contributed by atoms with Gasteiger partial charge in [-0.3, -0.25) is 14.7 Å². The number of hydrogen-bond donors (Lipinski definition) is 0. The first-order valence-corrected chi connectivity index (χ1v) is 21.8. The summed E-state index contributed by atoms with van der Waals surface area (Å²) in [6, 6.07) is 88.4. The number of benzene rings is 8. The summed E-state index contributed by atoms with van der Waals surface area (Å²) in [4.78, 5) is 8.12. The van der Waals surface area contributed by atoms with Crippen molar-refractivity contribution in [2.24, 2.45) is 0 Å². The quantitative estimate of drug-likeness (QED) is 0.0800. The van der Waals surface area contributed by atoms with Crippen molar-refractivity contribution in [1.29, 1.82) is 0 Å². The van der Waals surface area contributed by atoms with Gasteiger partial charge in [-0.15, -0.1) is 0 Å². The average Bonchev–Trinajstić information content (AvgIpc) is 3.37. The van der Waals surface area contributed by atoms with Crippen LogP contribution in [0.5, 0.6) is 0 Å². The van der Waals surface area contributed by atoms with Crippen LogP contribution in [0.15, 0.2) is 280 Å². The van der Waals surface area contributed by atoms with Crippen LogP contribution < -0.4 is 0 Å². The predicted octanol–water partition coefficient (Wildman–Crippen LogP) is 13.0. The molecule has 0 spiro atoms. The van der Waals surface area contributed by atoms with E-state index in [2.05, 4.69) is 277 Å². The Morgan fingerprint density at radius 3 is 0.762 bits per heavy atom. The third kappa shape index (κ3) is 7.21. The molecule has 3 nitrogen and oxygen atoms in total.